The van der Waals surface area contributed by atoms with Crippen LogP contribution in [-0.4, -0.2) is 16.3 Å². The maximum atomic E-state index is 6.01. The minimum atomic E-state index is 0.747. The third-order valence-electron chi connectivity index (χ3n) is 4.50. The Morgan fingerprint density at radius 3 is 2.57 bits per heavy atom. The first-order chi connectivity index (χ1) is 11.1. The van der Waals surface area contributed by atoms with Crippen LogP contribution in [0.15, 0.2) is 42.5 Å². The second-order valence-electron chi connectivity index (χ2n) is 6.04. The number of halogens is 1. The Morgan fingerprint density at radius 2 is 1.83 bits per heavy atom. The third kappa shape index (κ3) is 2.41. The Kier molecular flexibility index (Phi) is 3.38. The number of hydrogen-bond acceptors (Lipinski definition) is 2. The fraction of sp³-hybridized carbons (Fsp3) is 0.211. The molecule has 116 valence electrons. The van der Waals surface area contributed by atoms with Crippen LogP contribution in [-0.2, 0) is 6.42 Å². The number of rotatable bonds is 2. The number of aryl methyl sites for hydroxylation is 2. The van der Waals surface area contributed by atoms with Gasteiger partial charge in [-0.15, -0.1) is 0 Å². The summed E-state index contributed by atoms with van der Waals surface area (Å²) in [6.07, 6.45) is 0.998. The van der Waals surface area contributed by atoms with Crippen molar-refractivity contribution in [2.24, 2.45) is 0 Å². The molecule has 1 aliphatic rings. The Balaban J connectivity index is 1.87. The first-order valence-electron chi connectivity index (χ1n) is 7.83. The molecule has 23 heavy (non-hydrogen) atoms. The Hall–Kier alpha value is -2.26. The van der Waals surface area contributed by atoms with Crippen LogP contribution in [0.5, 0.6) is 0 Å². The van der Waals surface area contributed by atoms with E-state index in [-0.39, 0.29) is 0 Å². The summed E-state index contributed by atoms with van der Waals surface area (Å²) in [6.45, 7) is 5.22. The fourth-order valence-corrected chi connectivity index (χ4v) is 3.18. The normalized spacial score (nSPS) is 13.0. The lowest BCUT2D eigenvalue weighted by molar-refractivity contribution is 0.880. The van der Waals surface area contributed by atoms with Gasteiger partial charge in [0, 0.05) is 22.7 Å². The Labute approximate surface area is 140 Å². The molecule has 0 aliphatic carbocycles. The highest BCUT2D eigenvalue weighted by atomic mass is 35.5. The number of nitrogens with zero attached hydrogens (tertiary/aromatic N) is 2. The van der Waals surface area contributed by atoms with Crippen LogP contribution in [0.4, 0.5) is 5.82 Å². The molecule has 0 radical (unpaired) electrons. The van der Waals surface area contributed by atoms with Gasteiger partial charge in [-0.2, -0.15) is 5.10 Å². The quantitative estimate of drug-likeness (QED) is 0.735. The highest BCUT2D eigenvalue weighted by Gasteiger charge is 2.23. The van der Waals surface area contributed by atoms with Gasteiger partial charge in [-0.3, -0.25) is 0 Å². The second-order valence-corrected chi connectivity index (χ2v) is 6.48. The van der Waals surface area contributed by atoms with Crippen LogP contribution in [0.25, 0.3) is 16.9 Å². The first kappa shape index (κ1) is 14.3. The van der Waals surface area contributed by atoms with Crippen LogP contribution in [0, 0.1) is 13.8 Å². The molecule has 0 amide bonds. The van der Waals surface area contributed by atoms with Crippen molar-refractivity contribution in [3.8, 4) is 16.9 Å². The number of anilines is 1. The topological polar surface area (TPSA) is 29.9 Å². The van der Waals surface area contributed by atoms with Crippen molar-refractivity contribution in [1.82, 2.24) is 9.78 Å². The fourth-order valence-electron chi connectivity index (χ4n) is 3.06. The minimum absolute atomic E-state index is 0.747. The summed E-state index contributed by atoms with van der Waals surface area (Å²) in [6, 6.07) is 14.4. The van der Waals surface area contributed by atoms with Gasteiger partial charge >= 0.3 is 0 Å². The predicted octanol–water partition coefficient (Wildman–Crippen LogP) is 4.78. The molecule has 3 nitrogen and oxygen atoms in total. The summed E-state index contributed by atoms with van der Waals surface area (Å²) in [4.78, 5) is 0. The molecule has 0 spiro atoms. The van der Waals surface area contributed by atoms with Gasteiger partial charge in [0.2, 0.25) is 0 Å². The van der Waals surface area contributed by atoms with Gasteiger partial charge in [-0.05, 0) is 55.7 Å². The van der Waals surface area contributed by atoms with Gasteiger partial charge < -0.3 is 5.32 Å². The summed E-state index contributed by atoms with van der Waals surface area (Å²) < 4.78 is 2.03. The molecule has 1 aromatic heterocycles. The van der Waals surface area contributed by atoms with Crippen LogP contribution < -0.4 is 5.32 Å². The maximum absolute atomic E-state index is 6.01. The number of aromatic nitrogens is 2. The molecule has 0 atom stereocenters. The molecule has 2 aromatic carbocycles. The van der Waals surface area contributed by atoms with Crippen LogP contribution in [0.3, 0.4) is 0 Å². The van der Waals surface area contributed by atoms with E-state index in [0.29, 0.717) is 0 Å². The van der Waals surface area contributed by atoms with Crippen molar-refractivity contribution in [3.63, 3.8) is 0 Å². The molecular formula is C19H18ClN3. The summed E-state index contributed by atoms with van der Waals surface area (Å²) in [5.74, 6) is 1.11. The first-order valence-corrected chi connectivity index (χ1v) is 8.20. The Morgan fingerprint density at radius 1 is 1.04 bits per heavy atom. The largest absolute Gasteiger partial charge is 0.369 e. The summed E-state index contributed by atoms with van der Waals surface area (Å²) in [5, 5.41) is 9.11. The zero-order valence-electron chi connectivity index (χ0n) is 13.2. The van der Waals surface area contributed by atoms with Crippen LogP contribution in [0.2, 0.25) is 5.02 Å². The Bertz CT molecular complexity index is 878. The molecule has 0 saturated heterocycles. The van der Waals surface area contributed by atoms with Gasteiger partial charge in [0.1, 0.15) is 5.82 Å². The minimum Gasteiger partial charge on any atom is -0.369 e. The highest BCUT2D eigenvalue weighted by molar-refractivity contribution is 6.30. The van der Waals surface area contributed by atoms with Crippen molar-refractivity contribution >= 4 is 17.4 Å². The molecule has 1 N–H and O–H groups in total. The summed E-state index contributed by atoms with van der Waals surface area (Å²) in [5.41, 5.74) is 7.10. The molecule has 2 heterocycles. The van der Waals surface area contributed by atoms with E-state index in [1.807, 2.05) is 28.9 Å². The lowest BCUT2D eigenvalue weighted by Gasteiger charge is -2.08. The molecule has 4 heteroatoms. The van der Waals surface area contributed by atoms with Gasteiger partial charge in [0.15, 0.2) is 0 Å². The standard InChI is InChI=1S/C19H18ClN3/c1-12-3-8-16(11-13(12)2)23-19-17(9-10-21-19)18(22-23)14-4-6-15(20)7-5-14/h3-8,11,21H,9-10H2,1-2H3. The maximum Gasteiger partial charge on any atom is 0.133 e. The molecule has 0 bridgehead atoms. The van der Waals surface area contributed by atoms with E-state index >= 15 is 0 Å². The lowest BCUT2D eigenvalue weighted by atomic mass is 10.1. The molecule has 4 rings (SSSR count). The average molecular weight is 324 g/mol. The second kappa shape index (κ2) is 5.43. The van der Waals surface area contributed by atoms with E-state index in [1.54, 1.807) is 0 Å². The zero-order valence-corrected chi connectivity index (χ0v) is 14.0. The van der Waals surface area contributed by atoms with Crippen molar-refractivity contribution in [3.05, 3.63) is 64.2 Å². The monoisotopic (exact) mass is 323 g/mol. The van der Waals surface area contributed by atoms with Gasteiger partial charge in [0.05, 0.1) is 11.4 Å². The number of benzene rings is 2. The van der Waals surface area contributed by atoms with Crippen LogP contribution >= 0.6 is 11.6 Å². The summed E-state index contributed by atoms with van der Waals surface area (Å²) >= 11 is 6.01. The van der Waals surface area contributed by atoms with Gasteiger partial charge in [-0.1, -0.05) is 29.8 Å². The van der Waals surface area contributed by atoms with E-state index in [1.165, 1.54) is 16.7 Å². The molecule has 1 aliphatic heterocycles. The van der Waals surface area contributed by atoms with Crippen LogP contribution in [0.1, 0.15) is 16.7 Å². The number of fused-ring (bicyclic) bond motifs is 1. The number of nitrogens with one attached hydrogen (secondary N) is 1. The molecule has 0 unspecified atom stereocenters. The van der Waals surface area contributed by atoms with E-state index in [0.717, 1.165) is 40.8 Å². The molecule has 3 aromatic rings. The zero-order chi connectivity index (χ0) is 16.0. The van der Waals surface area contributed by atoms with E-state index < -0.39 is 0 Å². The van der Waals surface area contributed by atoms with E-state index in [2.05, 4.69) is 37.4 Å². The molecule has 0 fully saturated rings. The predicted molar refractivity (Wildman–Crippen MR) is 95.7 cm³/mol. The van der Waals surface area contributed by atoms with E-state index in [9.17, 15) is 0 Å². The van der Waals surface area contributed by atoms with Crippen molar-refractivity contribution in [1.29, 1.82) is 0 Å². The smallest absolute Gasteiger partial charge is 0.133 e. The van der Waals surface area contributed by atoms with Crippen molar-refractivity contribution in [2.45, 2.75) is 20.3 Å². The van der Waals surface area contributed by atoms with E-state index in [4.69, 9.17) is 16.7 Å². The number of hydrogen-bond donors (Lipinski definition) is 1. The van der Waals surface area contributed by atoms with Gasteiger partial charge in [-0.25, -0.2) is 4.68 Å². The third-order valence-corrected chi connectivity index (χ3v) is 4.76. The molecule has 0 saturated carbocycles. The van der Waals surface area contributed by atoms with Crippen molar-refractivity contribution in [2.75, 3.05) is 11.9 Å². The molecular weight excluding hydrogens is 306 g/mol. The van der Waals surface area contributed by atoms with Gasteiger partial charge in [0.25, 0.3) is 0 Å². The van der Waals surface area contributed by atoms with Crippen molar-refractivity contribution < 1.29 is 0 Å². The lowest BCUT2D eigenvalue weighted by Crippen LogP contribution is -2.04. The summed E-state index contributed by atoms with van der Waals surface area (Å²) in [7, 11) is 0. The average Bonchev–Trinajstić information content (AvgIpc) is 3.13. The SMILES string of the molecule is Cc1ccc(-n2nc(-c3ccc(Cl)cc3)c3c2NCC3)cc1C. The highest BCUT2D eigenvalue weighted by Crippen LogP contribution is 2.35.